The highest BCUT2D eigenvalue weighted by Gasteiger charge is 2.13. The Bertz CT molecular complexity index is 699. The van der Waals surface area contributed by atoms with E-state index >= 15 is 0 Å². The van der Waals surface area contributed by atoms with Crippen LogP contribution in [0, 0.1) is 0 Å². The lowest BCUT2D eigenvalue weighted by Gasteiger charge is -2.20. The molecule has 0 N–H and O–H groups in total. The van der Waals surface area contributed by atoms with Crippen LogP contribution < -0.4 is 10.5 Å². The van der Waals surface area contributed by atoms with Crippen LogP contribution in [-0.4, -0.2) is 18.9 Å². The Labute approximate surface area is 124 Å². The standard InChI is InChI=1S/C17H21NO3/c1-4-7-15(19)14-10-12-8-9-13(18(5-2)6-3)11-16(12)21-17(14)20/h8-11H,4-7H2,1-3H3. The van der Waals surface area contributed by atoms with Gasteiger partial charge in [-0.3, -0.25) is 4.79 Å². The van der Waals surface area contributed by atoms with Crippen molar-refractivity contribution in [3.8, 4) is 0 Å². The molecule has 0 aliphatic carbocycles. The largest absolute Gasteiger partial charge is 0.422 e. The monoisotopic (exact) mass is 287 g/mol. The third kappa shape index (κ3) is 3.15. The summed E-state index contributed by atoms with van der Waals surface area (Å²) in [6, 6.07) is 7.39. The maximum Gasteiger partial charge on any atom is 0.347 e. The van der Waals surface area contributed by atoms with E-state index in [0.717, 1.165) is 30.6 Å². The summed E-state index contributed by atoms with van der Waals surface area (Å²) in [6.07, 6.45) is 1.09. The number of fused-ring (bicyclic) bond motifs is 1. The van der Waals surface area contributed by atoms with Gasteiger partial charge in [-0.1, -0.05) is 6.92 Å². The Balaban J connectivity index is 2.49. The summed E-state index contributed by atoms with van der Waals surface area (Å²) in [5.74, 6) is -0.152. The zero-order valence-corrected chi connectivity index (χ0v) is 12.8. The van der Waals surface area contributed by atoms with E-state index < -0.39 is 5.63 Å². The van der Waals surface area contributed by atoms with E-state index in [9.17, 15) is 9.59 Å². The average molecular weight is 287 g/mol. The van der Waals surface area contributed by atoms with Crippen molar-refractivity contribution in [3.05, 3.63) is 40.2 Å². The first-order valence-electron chi connectivity index (χ1n) is 7.46. The molecule has 0 atom stereocenters. The van der Waals surface area contributed by atoms with E-state index in [4.69, 9.17) is 4.42 Å². The summed E-state index contributed by atoms with van der Waals surface area (Å²) in [4.78, 5) is 26.1. The second kappa shape index (κ2) is 6.57. The molecule has 0 amide bonds. The summed E-state index contributed by atoms with van der Waals surface area (Å²) >= 11 is 0. The molecule has 0 unspecified atom stereocenters. The normalized spacial score (nSPS) is 10.8. The molecular formula is C17H21NO3. The number of carbonyl (C=O) groups excluding carboxylic acids is 1. The van der Waals surface area contributed by atoms with Gasteiger partial charge in [0.25, 0.3) is 0 Å². The van der Waals surface area contributed by atoms with Crippen LogP contribution in [0.25, 0.3) is 11.0 Å². The average Bonchev–Trinajstić information content (AvgIpc) is 2.48. The van der Waals surface area contributed by atoms with Crippen LogP contribution in [0.3, 0.4) is 0 Å². The van der Waals surface area contributed by atoms with Gasteiger partial charge in [-0.2, -0.15) is 0 Å². The van der Waals surface area contributed by atoms with Crippen LogP contribution in [0.5, 0.6) is 0 Å². The summed E-state index contributed by atoms with van der Waals surface area (Å²) in [5.41, 5.74) is 1.15. The molecule has 0 aliphatic heterocycles. The molecule has 2 rings (SSSR count). The summed E-state index contributed by atoms with van der Waals surface area (Å²) in [5, 5.41) is 0.782. The van der Waals surface area contributed by atoms with E-state index in [2.05, 4.69) is 18.7 Å². The molecule has 0 saturated carbocycles. The van der Waals surface area contributed by atoms with E-state index in [1.807, 2.05) is 25.1 Å². The quantitative estimate of drug-likeness (QED) is 0.601. The molecule has 0 fully saturated rings. The van der Waals surface area contributed by atoms with Crippen molar-refractivity contribution in [2.24, 2.45) is 0 Å². The lowest BCUT2D eigenvalue weighted by molar-refractivity contribution is 0.0978. The molecule has 0 aliphatic rings. The Morgan fingerprint density at radius 1 is 1.14 bits per heavy atom. The molecule has 1 heterocycles. The van der Waals surface area contributed by atoms with Gasteiger partial charge in [-0.25, -0.2) is 4.79 Å². The molecule has 0 saturated heterocycles. The highest BCUT2D eigenvalue weighted by atomic mass is 16.4. The molecule has 0 spiro atoms. The molecule has 0 bridgehead atoms. The first kappa shape index (κ1) is 15.3. The van der Waals surface area contributed by atoms with Gasteiger partial charge in [0.05, 0.1) is 0 Å². The van der Waals surface area contributed by atoms with E-state index in [-0.39, 0.29) is 11.3 Å². The molecule has 2 aromatic rings. The third-order valence-electron chi connectivity index (χ3n) is 3.63. The molecule has 21 heavy (non-hydrogen) atoms. The number of ketones is 1. The molecule has 4 heteroatoms. The predicted octanol–water partition coefficient (Wildman–Crippen LogP) is 3.62. The van der Waals surface area contributed by atoms with Crippen molar-refractivity contribution in [2.75, 3.05) is 18.0 Å². The van der Waals surface area contributed by atoms with Crippen LogP contribution >= 0.6 is 0 Å². The summed E-state index contributed by atoms with van der Waals surface area (Å²) < 4.78 is 5.34. The first-order chi connectivity index (χ1) is 10.1. The van der Waals surface area contributed by atoms with Gasteiger partial charge < -0.3 is 9.32 Å². The van der Waals surface area contributed by atoms with Crippen LogP contribution in [0.15, 0.2) is 33.5 Å². The zero-order valence-electron chi connectivity index (χ0n) is 12.8. The predicted molar refractivity (Wildman–Crippen MR) is 85.3 cm³/mol. The van der Waals surface area contributed by atoms with Crippen molar-refractivity contribution in [3.63, 3.8) is 0 Å². The molecule has 112 valence electrons. The Morgan fingerprint density at radius 2 is 1.86 bits per heavy atom. The van der Waals surface area contributed by atoms with Crippen molar-refractivity contribution in [1.29, 1.82) is 0 Å². The maximum atomic E-state index is 12.0. The van der Waals surface area contributed by atoms with Crippen LogP contribution in [0.2, 0.25) is 0 Å². The van der Waals surface area contributed by atoms with Crippen molar-refractivity contribution < 1.29 is 9.21 Å². The highest BCUT2D eigenvalue weighted by molar-refractivity contribution is 5.98. The van der Waals surface area contributed by atoms with Gasteiger partial charge in [0, 0.05) is 36.7 Å². The Hall–Kier alpha value is -2.10. The minimum atomic E-state index is -0.544. The summed E-state index contributed by atoms with van der Waals surface area (Å²) in [6.45, 7) is 7.85. The lowest BCUT2D eigenvalue weighted by Crippen LogP contribution is -2.21. The molecule has 4 nitrogen and oxygen atoms in total. The zero-order chi connectivity index (χ0) is 15.4. The molecule has 1 aromatic heterocycles. The van der Waals surface area contributed by atoms with Gasteiger partial charge in [0.1, 0.15) is 11.1 Å². The fourth-order valence-corrected chi connectivity index (χ4v) is 2.44. The number of hydrogen-bond donors (Lipinski definition) is 0. The highest BCUT2D eigenvalue weighted by Crippen LogP contribution is 2.22. The summed E-state index contributed by atoms with van der Waals surface area (Å²) in [7, 11) is 0. The van der Waals surface area contributed by atoms with E-state index in [1.165, 1.54) is 0 Å². The fourth-order valence-electron chi connectivity index (χ4n) is 2.44. The topological polar surface area (TPSA) is 50.5 Å². The number of nitrogens with zero attached hydrogens (tertiary/aromatic N) is 1. The van der Waals surface area contributed by atoms with Crippen LogP contribution in [0.4, 0.5) is 5.69 Å². The molecular weight excluding hydrogens is 266 g/mol. The Kier molecular flexibility index (Phi) is 4.78. The van der Waals surface area contributed by atoms with Gasteiger partial charge in [-0.05, 0) is 38.5 Å². The van der Waals surface area contributed by atoms with Crippen LogP contribution in [-0.2, 0) is 0 Å². The number of rotatable bonds is 6. The molecule has 1 aromatic carbocycles. The first-order valence-corrected chi connectivity index (χ1v) is 7.46. The second-order valence-electron chi connectivity index (χ2n) is 5.02. The number of anilines is 1. The van der Waals surface area contributed by atoms with Gasteiger partial charge >= 0.3 is 5.63 Å². The number of carbonyl (C=O) groups is 1. The van der Waals surface area contributed by atoms with Gasteiger partial charge in [-0.15, -0.1) is 0 Å². The number of benzene rings is 1. The maximum absolute atomic E-state index is 12.0. The number of hydrogen-bond acceptors (Lipinski definition) is 4. The number of Topliss-reactive ketones (excluding diaryl/α,β-unsaturated/α-hetero) is 1. The van der Waals surface area contributed by atoms with Crippen molar-refractivity contribution in [2.45, 2.75) is 33.6 Å². The third-order valence-corrected chi connectivity index (χ3v) is 3.63. The van der Waals surface area contributed by atoms with Gasteiger partial charge in [0.2, 0.25) is 0 Å². The lowest BCUT2D eigenvalue weighted by atomic mass is 10.1. The SMILES string of the molecule is CCCC(=O)c1cc2ccc(N(CC)CC)cc2oc1=O. The fraction of sp³-hybridized carbons (Fsp3) is 0.412. The van der Waals surface area contributed by atoms with Crippen molar-refractivity contribution in [1.82, 2.24) is 0 Å². The van der Waals surface area contributed by atoms with Crippen LogP contribution in [0.1, 0.15) is 44.0 Å². The molecule has 0 radical (unpaired) electrons. The smallest absolute Gasteiger partial charge is 0.347 e. The van der Waals surface area contributed by atoms with Gasteiger partial charge in [0.15, 0.2) is 5.78 Å². The van der Waals surface area contributed by atoms with E-state index in [1.54, 1.807) is 6.07 Å². The van der Waals surface area contributed by atoms with Crippen molar-refractivity contribution >= 4 is 22.4 Å². The minimum Gasteiger partial charge on any atom is -0.422 e. The minimum absolute atomic E-state index is 0.152. The van der Waals surface area contributed by atoms with E-state index in [0.29, 0.717) is 12.0 Å². The Morgan fingerprint density at radius 3 is 2.48 bits per heavy atom. The second-order valence-corrected chi connectivity index (χ2v) is 5.02.